The second-order valence-corrected chi connectivity index (χ2v) is 6.58. The Bertz CT molecular complexity index is 654. The van der Waals surface area contributed by atoms with E-state index in [0.29, 0.717) is 6.10 Å². The molecule has 4 nitrogen and oxygen atoms in total. The summed E-state index contributed by atoms with van der Waals surface area (Å²) in [4.78, 5) is 11.1. The molecule has 23 heavy (non-hydrogen) atoms. The largest absolute Gasteiger partial charge is 0.549 e. The number of benzene rings is 1. The standard InChI is InChI=1S/C19H20O4/c20-18(21)13-5-7-19(8-6-13,10-16-12-23-16)17-4-2-1-3-14(17)9-15-11-22-15/h1-8,13,15-16H,9-12H2,(H,20,21)/p-1. The third-order valence-corrected chi connectivity index (χ3v) is 4.81. The average molecular weight is 311 g/mol. The number of ether oxygens (including phenoxy) is 2. The van der Waals surface area contributed by atoms with E-state index >= 15 is 0 Å². The molecule has 1 aliphatic carbocycles. The van der Waals surface area contributed by atoms with Gasteiger partial charge in [0, 0.05) is 17.8 Å². The maximum Gasteiger partial charge on any atom is 0.0850 e. The molecule has 1 aromatic carbocycles. The molecule has 2 atom stereocenters. The van der Waals surface area contributed by atoms with Gasteiger partial charge < -0.3 is 19.4 Å². The zero-order chi connectivity index (χ0) is 15.9. The summed E-state index contributed by atoms with van der Waals surface area (Å²) < 4.78 is 10.8. The fourth-order valence-electron chi connectivity index (χ4n) is 3.40. The fraction of sp³-hybridized carbons (Fsp3) is 0.421. The predicted octanol–water partition coefficient (Wildman–Crippen LogP) is 1.15. The second-order valence-electron chi connectivity index (χ2n) is 6.58. The molecule has 0 saturated carbocycles. The van der Waals surface area contributed by atoms with Crippen molar-refractivity contribution >= 4 is 5.97 Å². The van der Waals surface area contributed by atoms with E-state index in [-0.39, 0.29) is 11.5 Å². The number of carbonyl (C=O) groups excluding carboxylic acids is 1. The third-order valence-electron chi connectivity index (χ3n) is 4.81. The lowest BCUT2D eigenvalue weighted by Crippen LogP contribution is -2.33. The number of epoxide rings is 2. The zero-order valence-corrected chi connectivity index (χ0v) is 12.8. The van der Waals surface area contributed by atoms with Crippen LogP contribution in [-0.2, 0) is 26.1 Å². The van der Waals surface area contributed by atoms with Gasteiger partial charge in [0.1, 0.15) is 0 Å². The minimum absolute atomic E-state index is 0.244. The van der Waals surface area contributed by atoms with Crippen LogP contribution in [0, 0.1) is 5.92 Å². The predicted molar refractivity (Wildman–Crippen MR) is 82.7 cm³/mol. The number of aliphatic carboxylic acids is 1. The monoisotopic (exact) mass is 311 g/mol. The van der Waals surface area contributed by atoms with Gasteiger partial charge in [-0.3, -0.25) is 0 Å². The summed E-state index contributed by atoms with van der Waals surface area (Å²) in [6.07, 6.45) is 9.80. The molecule has 0 aromatic heterocycles. The third kappa shape index (κ3) is 3.09. The van der Waals surface area contributed by atoms with Crippen LogP contribution in [0.4, 0.5) is 0 Å². The van der Waals surface area contributed by atoms with Crippen LogP contribution in [-0.4, -0.2) is 31.4 Å². The van der Waals surface area contributed by atoms with E-state index in [0.717, 1.165) is 26.1 Å². The summed E-state index contributed by atoms with van der Waals surface area (Å²) in [7, 11) is 0. The molecule has 0 radical (unpaired) electrons. The van der Waals surface area contributed by atoms with Crippen LogP contribution in [0.5, 0.6) is 0 Å². The lowest BCUT2D eigenvalue weighted by Gasteiger charge is -2.33. The van der Waals surface area contributed by atoms with Gasteiger partial charge in [0.2, 0.25) is 0 Å². The van der Waals surface area contributed by atoms with E-state index in [1.807, 2.05) is 24.3 Å². The molecular formula is C19H19O4-. The quantitative estimate of drug-likeness (QED) is 0.584. The van der Waals surface area contributed by atoms with Gasteiger partial charge in [0.05, 0.1) is 31.4 Å². The Morgan fingerprint density at radius 3 is 2.39 bits per heavy atom. The van der Waals surface area contributed by atoms with Crippen LogP contribution in [0.25, 0.3) is 0 Å². The van der Waals surface area contributed by atoms with Gasteiger partial charge in [-0.2, -0.15) is 0 Å². The van der Waals surface area contributed by atoms with Gasteiger partial charge in [-0.05, 0) is 17.5 Å². The van der Waals surface area contributed by atoms with Crippen LogP contribution in [0.2, 0.25) is 0 Å². The van der Waals surface area contributed by atoms with Gasteiger partial charge in [0.25, 0.3) is 0 Å². The highest BCUT2D eigenvalue weighted by molar-refractivity contribution is 5.73. The van der Waals surface area contributed by atoms with E-state index in [1.54, 1.807) is 12.2 Å². The summed E-state index contributed by atoms with van der Waals surface area (Å²) in [5.74, 6) is -1.71. The van der Waals surface area contributed by atoms with Crippen LogP contribution >= 0.6 is 0 Å². The SMILES string of the molecule is O=C([O-])C1C=CC(CC2CO2)(c2ccccc2CC2CO2)C=C1. The Balaban J connectivity index is 1.70. The van der Waals surface area contributed by atoms with Gasteiger partial charge in [-0.15, -0.1) is 0 Å². The number of rotatable bonds is 6. The Morgan fingerprint density at radius 1 is 1.13 bits per heavy atom. The Kier molecular flexibility index (Phi) is 3.58. The molecule has 0 amide bonds. The molecule has 2 fully saturated rings. The molecule has 2 heterocycles. The highest BCUT2D eigenvalue weighted by Crippen LogP contribution is 2.41. The lowest BCUT2D eigenvalue weighted by atomic mass is 9.71. The summed E-state index contributed by atoms with van der Waals surface area (Å²) in [5.41, 5.74) is 2.17. The van der Waals surface area contributed by atoms with Crippen molar-refractivity contribution in [3.8, 4) is 0 Å². The van der Waals surface area contributed by atoms with Gasteiger partial charge >= 0.3 is 0 Å². The normalized spacial score (nSPS) is 34.3. The molecule has 4 heteroatoms. The Morgan fingerprint density at radius 2 is 1.78 bits per heavy atom. The lowest BCUT2D eigenvalue weighted by molar-refractivity contribution is -0.308. The summed E-state index contributed by atoms with van der Waals surface area (Å²) in [6.45, 7) is 1.60. The van der Waals surface area contributed by atoms with Crippen LogP contribution in [0.3, 0.4) is 0 Å². The first-order chi connectivity index (χ1) is 11.2. The summed E-state index contributed by atoms with van der Waals surface area (Å²) in [5, 5.41) is 11.1. The number of carbonyl (C=O) groups is 1. The van der Waals surface area contributed by atoms with E-state index < -0.39 is 11.9 Å². The van der Waals surface area contributed by atoms with Crippen LogP contribution in [0.1, 0.15) is 17.5 Å². The zero-order valence-electron chi connectivity index (χ0n) is 12.8. The van der Waals surface area contributed by atoms with E-state index in [9.17, 15) is 9.90 Å². The molecule has 2 aliphatic heterocycles. The average Bonchev–Trinajstić information content (AvgIpc) is 3.45. The van der Waals surface area contributed by atoms with E-state index in [1.165, 1.54) is 11.1 Å². The first-order valence-electron chi connectivity index (χ1n) is 8.07. The van der Waals surface area contributed by atoms with Crippen molar-refractivity contribution in [3.05, 3.63) is 59.7 Å². The maximum atomic E-state index is 11.1. The van der Waals surface area contributed by atoms with Crippen molar-refractivity contribution in [2.75, 3.05) is 13.2 Å². The molecule has 2 unspecified atom stereocenters. The molecule has 0 bridgehead atoms. The highest BCUT2D eigenvalue weighted by Gasteiger charge is 2.39. The Hall–Kier alpha value is -1.91. The number of carboxylic acid groups (broad SMARTS) is 1. The van der Waals surface area contributed by atoms with E-state index in [2.05, 4.69) is 12.1 Å². The number of carboxylic acids is 1. The topological polar surface area (TPSA) is 65.2 Å². The van der Waals surface area contributed by atoms with Crippen molar-refractivity contribution < 1.29 is 19.4 Å². The van der Waals surface area contributed by atoms with Gasteiger partial charge in [-0.1, -0.05) is 48.6 Å². The number of hydrogen-bond acceptors (Lipinski definition) is 4. The second kappa shape index (κ2) is 5.62. The minimum atomic E-state index is -1.06. The molecule has 0 N–H and O–H groups in total. The van der Waals surface area contributed by atoms with E-state index in [4.69, 9.17) is 9.47 Å². The fourth-order valence-corrected chi connectivity index (χ4v) is 3.40. The summed E-state index contributed by atoms with van der Waals surface area (Å²) >= 11 is 0. The molecule has 0 spiro atoms. The first-order valence-corrected chi connectivity index (χ1v) is 8.07. The van der Waals surface area contributed by atoms with Gasteiger partial charge in [-0.25, -0.2) is 0 Å². The van der Waals surface area contributed by atoms with Crippen LogP contribution in [0.15, 0.2) is 48.6 Å². The van der Waals surface area contributed by atoms with Crippen molar-refractivity contribution in [1.29, 1.82) is 0 Å². The number of allylic oxidation sites excluding steroid dienone is 2. The maximum absolute atomic E-state index is 11.1. The molecule has 2 saturated heterocycles. The first kappa shape index (κ1) is 14.7. The molecule has 3 aliphatic rings. The van der Waals surface area contributed by atoms with Crippen molar-refractivity contribution in [2.45, 2.75) is 30.5 Å². The molecule has 4 rings (SSSR count). The highest BCUT2D eigenvalue weighted by atomic mass is 16.6. The van der Waals surface area contributed by atoms with Gasteiger partial charge in [0.15, 0.2) is 0 Å². The van der Waals surface area contributed by atoms with Crippen molar-refractivity contribution in [2.24, 2.45) is 5.92 Å². The minimum Gasteiger partial charge on any atom is -0.549 e. The number of hydrogen-bond donors (Lipinski definition) is 0. The molecule has 120 valence electrons. The summed E-state index contributed by atoms with van der Waals surface area (Å²) in [6, 6.07) is 8.35. The smallest absolute Gasteiger partial charge is 0.0850 e. The molecule has 1 aromatic rings. The van der Waals surface area contributed by atoms with Crippen molar-refractivity contribution in [1.82, 2.24) is 0 Å². The Labute approximate surface area is 135 Å². The molecular weight excluding hydrogens is 292 g/mol. The van der Waals surface area contributed by atoms with Crippen molar-refractivity contribution in [3.63, 3.8) is 0 Å². The van der Waals surface area contributed by atoms with Crippen LogP contribution < -0.4 is 5.11 Å².